The second kappa shape index (κ2) is 6.02. The molecule has 0 aromatic heterocycles. The van der Waals surface area contributed by atoms with Gasteiger partial charge in [0, 0.05) is 17.5 Å². The fourth-order valence-corrected chi connectivity index (χ4v) is 2.16. The van der Waals surface area contributed by atoms with E-state index in [4.69, 9.17) is 10.5 Å². The second-order valence-corrected chi connectivity index (χ2v) is 6.41. The molecule has 0 saturated heterocycles. The Bertz CT molecular complexity index is 403. The highest BCUT2D eigenvalue weighted by Gasteiger charge is 2.31. The quantitative estimate of drug-likeness (QED) is 0.906. The van der Waals surface area contributed by atoms with Crippen LogP contribution in [-0.2, 0) is 0 Å². The Kier molecular flexibility index (Phi) is 5.17. The third-order valence-corrected chi connectivity index (χ3v) is 3.52. The Balaban J connectivity index is 3.00. The summed E-state index contributed by atoms with van der Waals surface area (Å²) in [6, 6.07) is 4.33. The molecule has 102 valence electrons. The van der Waals surface area contributed by atoms with Crippen LogP contribution in [-0.4, -0.2) is 12.1 Å². The van der Waals surface area contributed by atoms with Crippen molar-refractivity contribution in [2.45, 2.75) is 46.3 Å². The number of ether oxygens (including phenoxy) is 1. The van der Waals surface area contributed by atoms with E-state index in [1.165, 1.54) is 12.1 Å². The zero-order valence-corrected chi connectivity index (χ0v) is 12.9. The van der Waals surface area contributed by atoms with Crippen molar-refractivity contribution in [2.24, 2.45) is 11.1 Å². The van der Waals surface area contributed by atoms with E-state index in [2.05, 4.69) is 36.7 Å². The molecule has 1 rings (SSSR count). The molecule has 1 aromatic rings. The van der Waals surface area contributed by atoms with E-state index in [1.807, 2.05) is 6.92 Å². The summed E-state index contributed by atoms with van der Waals surface area (Å²) in [6.45, 7) is 8.23. The van der Waals surface area contributed by atoms with Crippen LogP contribution >= 0.6 is 15.9 Å². The maximum absolute atomic E-state index is 13.2. The molecule has 0 aliphatic heterocycles. The number of hydrogen-bond acceptors (Lipinski definition) is 2. The smallest absolute Gasteiger partial charge is 0.136 e. The first-order chi connectivity index (χ1) is 8.25. The molecule has 0 bridgehead atoms. The first-order valence-corrected chi connectivity index (χ1v) is 6.92. The Labute approximate surface area is 117 Å². The molecular formula is C14H21BrFNO. The highest BCUT2D eigenvalue weighted by molar-refractivity contribution is 9.10. The largest absolute Gasteiger partial charge is 0.487 e. The fourth-order valence-electron chi connectivity index (χ4n) is 1.82. The van der Waals surface area contributed by atoms with Gasteiger partial charge in [0.1, 0.15) is 17.7 Å². The van der Waals surface area contributed by atoms with Gasteiger partial charge in [0.05, 0.1) is 4.47 Å². The van der Waals surface area contributed by atoms with Crippen LogP contribution in [0.1, 0.15) is 34.1 Å². The monoisotopic (exact) mass is 317 g/mol. The van der Waals surface area contributed by atoms with Crippen molar-refractivity contribution in [2.75, 3.05) is 0 Å². The summed E-state index contributed by atoms with van der Waals surface area (Å²) in [5, 5.41) is 0. The van der Waals surface area contributed by atoms with E-state index in [-0.39, 0.29) is 23.4 Å². The van der Waals surface area contributed by atoms with E-state index < -0.39 is 0 Å². The van der Waals surface area contributed by atoms with Gasteiger partial charge in [-0.3, -0.25) is 0 Å². The molecule has 0 amide bonds. The van der Waals surface area contributed by atoms with Crippen molar-refractivity contribution in [1.82, 2.24) is 0 Å². The molecule has 0 spiro atoms. The minimum atomic E-state index is -0.314. The van der Waals surface area contributed by atoms with E-state index in [9.17, 15) is 4.39 Å². The van der Waals surface area contributed by atoms with Gasteiger partial charge >= 0.3 is 0 Å². The molecule has 0 aliphatic carbocycles. The number of nitrogens with two attached hydrogens (primary N) is 1. The van der Waals surface area contributed by atoms with E-state index in [1.54, 1.807) is 6.07 Å². The van der Waals surface area contributed by atoms with Gasteiger partial charge in [0.2, 0.25) is 0 Å². The standard InChI is InChI=1S/C14H21BrFNO/c1-5-11(17)13(14(2,3)4)18-12-8-9(16)6-7-10(12)15/h6-8,11,13H,5,17H2,1-4H3. The van der Waals surface area contributed by atoms with Gasteiger partial charge in [-0.1, -0.05) is 27.7 Å². The van der Waals surface area contributed by atoms with Crippen LogP contribution in [0, 0.1) is 11.2 Å². The van der Waals surface area contributed by atoms with Gasteiger partial charge in [0.15, 0.2) is 0 Å². The lowest BCUT2D eigenvalue weighted by Gasteiger charge is -2.35. The minimum absolute atomic E-state index is 0.0832. The maximum atomic E-state index is 13.2. The molecule has 18 heavy (non-hydrogen) atoms. The third kappa shape index (κ3) is 3.95. The molecular weight excluding hydrogens is 297 g/mol. The van der Waals surface area contributed by atoms with Gasteiger partial charge in [-0.15, -0.1) is 0 Å². The molecule has 0 heterocycles. The van der Waals surface area contributed by atoms with Crippen LogP contribution in [0.2, 0.25) is 0 Å². The number of benzene rings is 1. The minimum Gasteiger partial charge on any atom is -0.487 e. The van der Waals surface area contributed by atoms with Crippen LogP contribution < -0.4 is 10.5 Å². The molecule has 4 heteroatoms. The van der Waals surface area contributed by atoms with Crippen molar-refractivity contribution in [3.05, 3.63) is 28.5 Å². The molecule has 2 atom stereocenters. The van der Waals surface area contributed by atoms with Crippen LogP contribution in [0.3, 0.4) is 0 Å². The third-order valence-electron chi connectivity index (χ3n) is 2.86. The van der Waals surface area contributed by atoms with E-state index in [0.717, 1.165) is 10.9 Å². The first kappa shape index (κ1) is 15.4. The number of rotatable bonds is 4. The zero-order valence-electron chi connectivity index (χ0n) is 11.3. The summed E-state index contributed by atoms with van der Waals surface area (Å²) in [7, 11) is 0. The summed E-state index contributed by atoms with van der Waals surface area (Å²) < 4.78 is 19.9. The van der Waals surface area contributed by atoms with Gasteiger partial charge in [0.25, 0.3) is 0 Å². The average Bonchev–Trinajstić information content (AvgIpc) is 2.27. The SMILES string of the molecule is CCC(N)C(Oc1cc(F)ccc1Br)C(C)(C)C. The van der Waals surface area contributed by atoms with E-state index in [0.29, 0.717) is 5.75 Å². The molecule has 0 radical (unpaired) electrons. The molecule has 0 aliphatic rings. The fraction of sp³-hybridized carbons (Fsp3) is 0.571. The molecule has 2 nitrogen and oxygen atoms in total. The van der Waals surface area contributed by atoms with Crippen molar-refractivity contribution in [3.63, 3.8) is 0 Å². The first-order valence-electron chi connectivity index (χ1n) is 6.13. The Morgan fingerprint density at radius 2 is 2.00 bits per heavy atom. The number of halogens is 2. The predicted molar refractivity (Wildman–Crippen MR) is 76.2 cm³/mol. The molecule has 2 unspecified atom stereocenters. The van der Waals surface area contributed by atoms with Crippen molar-refractivity contribution >= 4 is 15.9 Å². The highest BCUT2D eigenvalue weighted by Crippen LogP contribution is 2.32. The van der Waals surface area contributed by atoms with Crippen LogP contribution in [0.15, 0.2) is 22.7 Å². The Hall–Kier alpha value is -0.610. The molecule has 0 fully saturated rings. The topological polar surface area (TPSA) is 35.2 Å². The van der Waals surface area contributed by atoms with Crippen LogP contribution in [0.25, 0.3) is 0 Å². The van der Waals surface area contributed by atoms with Crippen molar-refractivity contribution in [3.8, 4) is 5.75 Å². The Morgan fingerprint density at radius 3 is 2.50 bits per heavy atom. The van der Waals surface area contributed by atoms with Crippen molar-refractivity contribution < 1.29 is 9.13 Å². The summed E-state index contributed by atoms with van der Waals surface area (Å²) in [5.41, 5.74) is 6.00. The highest BCUT2D eigenvalue weighted by atomic mass is 79.9. The maximum Gasteiger partial charge on any atom is 0.136 e. The second-order valence-electron chi connectivity index (χ2n) is 5.55. The summed E-state index contributed by atoms with van der Waals surface area (Å²) in [4.78, 5) is 0. The van der Waals surface area contributed by atoms with Gasteiger partial charge in [-0.2, -0.15) is 0 Å². The zero-order chi connectivity index (χ0) is 13.9. The molecule has 1 aromatic carbocycles. The molecule has 0 saturated carbocycles. The Morgan fingerprint density at radius 1 is 1.39 bits per heavy atom. The van der Waals surface area contributed by atoms with Crippen LogP contribution in [0.5, 0.6) is 5.75 Å². The summed E-state index contributed by atoms with van der Waals surface area (Å²) >= 11 is 3.36. The summed E-state index contributed by atoms with van der Waals surface area (Å²) in [6.07, 6.45) is 0.648. The van der Waals surface area contributed by atoms with Crippen molar-refractivity contribution in [1.29, 1.82) is 0 Å². The van der Waals surface area contributed by atoms with Gasteiger partial charge in [-0.25, -0.2) is 4.39 Å². The van der Waals surface area contributed by atoms with Crippen LogP contribution in [0.4, 0.5) is 4.39 Å². The molecule has 2 N–H and O–H groups in total. The lowest BCUT2D eigenvalue weighted by atomic mass is 9.84. The number of hydrogen-bond donors (Lipinski definition) is 1. The lowest BCUT2D eigenvalue weighted by molar-refractivity contribution is 0.0612. The van der Waals surface area contributed by atoms with E-state index >= 15 is 0 Å². The lowest BCUT2D eigenvalue weighted by Crippen LogP contribution is -2.47. The normalized spacial score (nSPS) is 15.3. The average molecular weight is 318 g/mol. The predicted octanol–water partition coefficient (Wildman–Crippen LogP) is 4.12. The van der Waals surface area contributed by atoms with Gasteiger partial charge in [-0.05, 0) is 34.5 Å². The summed E-state index contributed by atoms with van der Waals surface area (Å²) in [5.74, 6) is 0.185. The van der Waals surface area contributed by atoms with Gasteiger partial charge < -0.3 is 10.5 Å².